The Morgan fingerprint density at radius 2 is 1.57 bits per heavy atom. The van der Waals surface area contributed by atoms with Gasteiger partial charge in [0, 0.05) is 16.3 Å². The van der Waals surface area contributed by atoms with Gasteiger partial charge in [0.05, 0.1) is 10.7 Å². The van der Waals surface area contributed by atoms with E-state index in [0.29, 0.717) is 10.7 Å². The molecule has 0 aliphatic heterocycles. The summed E-state index contributed by atoms with van der Waals surface area (Å²) in [4.78, 5) is 35.4. The van der Waals surface area contributed by atoms with Crippen LogP contribution >= 0.6 is 23.2 Å². The van der Waals surface area contributed by atoms with Gasteiger partial charge in [-0.2, -0.15) is 0 Å². The molecule has 0 heterocycles. The molecule has 0 atom stereocenters. The third-order valence-corrected chi connectivity index (χ3v) is 3.35. The van der Waals surface area contributed by atoms with Gasteiger partial charge in [0.2, 0.25) is 0 Å². The fraction of sp³-hybridized carbons (Fsp3) is 0. The monoisotopic (exact) mass is 351 g/mol. The SMILES string of the molecule is Nc1ccc(C(=O)NC(=O)C(=O)Nc2cc(Cl)ccc2Cl)cc1. The Hall–Kier alpha value is -2.57. The molecule has 2 aromatic carbocycles. The van der Waals surface area contributed by atoms with E-state index in [9.17, 15) is 14.4 Å². The Morgan fingerprint density at radius 1 is 0.913 bits per heavy atom. The second-order valence-corrected chi connectivity index (χ2v) is 5.33. The highest BCUT2D eigenvalue weighted by molar-refractivity contribution is 6.44. The number of benzene rings is 2. The molecule has 0 fully saturated rings. The van der Waals surface area contributed by atoms with Crippen molar-refractivity contribution in [2.45, 2.75) is 0 Å². The summed E-state index contributed by atoms with van der Waals surface area (Å²) in [5.41, 5.74) is 6.34. The molecule has 0 radical (unpaired) electrons. The molecule has 3 amide bonds. The lowest BCUT2D eigenvalue weighted by atomic mass is 10.2. The van der Waals surface area contributed by atoms with Crippen LogP contribution in [0.15, 0.2) is 42.5 Å². The first-order valence-corrected chi connectivity index (χ1v) is 7.09. The molecule has 6 nitrogen and oxygen atoms in total. The van der Waals surface area contributed by atoms with Crippen LogP contribution in [0.1, 0.15) is 10.4 Å². The number of nitrogen functional groups attached to an aromatic ring is 1. The van der Waals surface area contributed by atoms with Crippen LogP contribution in [0.3, 0.4) is 0 Å². The van der Waals surface area contributed by atoms with Gasteiger partial charge in [-0.05, 0) is 42.5 Å². The third kappa shape index (κ3) is 4.45. The molecule has 8 heteroatoms. The molecular weight excluding hydrogens is 341 g/mol. The molecule has 0 bridgehead atoms. The number of nitrogens with one attached hydrogen (secondary N) is 2. The van der Waals surface area contributed by atoms with Crippen LogP contribution in [0.2, 0.25) is 10.0 Å². The molecule has 0 aliphatic carbocycles. The number of rotatable bonds is 2. The van der Waals surface area contributed by atoms with E-state index >= 15 is 0 Å². The van der Waals surface area contributed by atoms with E-state index in [1.165, 1.54) is 42.5 Å². The number of imide groups is 1. The summed E-state index contributed by atoms with van der Waals surface area (Å²) in [5.74, 6) is -2.89. The summed E-state index contributed by atoms with van der Waals surface area (Å²) in [6, 6.07) is 10.3. The third-order valence-electron chi connectivity index (χ3n) is 2.78. The number of hydrogen-bond acceptors (Lipinski definition) is 4. The van der Waals surface area contributed by atoms with Gasteiger partial charge in [-0.15, -0.1) is 0 Å². The van der Waals surface area contributed by atoms with Crippen LogP contribution in [0.4, 0.5) is 11.4 Å². The van der Waals surface area contributed by atoms with Gasteiger partial charge >= 0.3 is 11.8 Å². The molecular formula is C15H11Cl2N3O3. The van der Waals surface area contributed by atoms with Crippen molar-refractivity contribution in [3.05, 3.63) is 58.1 Å². The number of hydrogen-bond donors (Lipinski definition) is 3. The van der Waals surface area contributed by atoms with Crippen LogP contribution in [-0.2, 0) is 9.59 Å². The lowest BCUT2D eigenvalue weighted by molar-refractivity contribution is -0.135. The predicted octanol–water partition coefficient (Wildman–Crippen LogP) is 2.47. The van der Waals surface area contributed by atoms with Gasteiger partial charge in [-0.1, -0.05) is 23.2 Å². The standard InChI is InChI=1S/C15H11Cl2N3O3/c16-9-3-6-11(17)12(7-9)19-14(22)15(23)20-13(21)8-1-4-10(18)5-2-8/h1-7H,18H2,(H,19,22)(H,20,21,23). The van der Waals surface area contributed by atoms with Crippen molar-refractivity contribution in [2.24, 2.45) is 0 Å². The Labute approximate surface area is 141 Å². The maximum absolute atomic E-state index is 11.8. The number of carbonyl (C=O) groups is 3. The van der Waals surface area contributed by atoms with Crippen molar-refractivity contribution in [3.63, 3.8) is 0 Å². The van der Waals surface area contributed by atoms with Crippen LogP contribution in [0, 0.1) is 0 Å². The van der Waals surface area contributed by atoms with E-state index in [1.807, 2.05) is 5.32 Å². The molecule has 118 valence electrons. The summed E-state index contributed by atoms with van der Waals surface area (Å²) in [6.45, 7) is 0. The summed E-state index contributed by atoms with van der Waals surface area (Å²) >= 11 is 11.7. The fourth-order valence-electron chi connectivity index (χ4n) is 1.64. The number of nitrogens with two attached hydrogens (primary N) is 1. The maximum Gasteiger partial charge on any atom is 0.316 e. The van der Waals surface area contributed by atoms with E-state index < -0.39 is 17.7 Å². The first kappa shape index (κ1) is 16.8. The lowest BCUT2D eigenvalue weighted by Gasteiger charge is -2.08. The van der Waals surface area contributed by atoms with Crippen LogP contribution in [0.25, 0.3) is 0 Å². The molecule has 2 rings (SSSR count). The highest BCUT2D eigenvalue weighted by Crippen LogP contribution is 2.25. The minimum Gasteiger partial charge on any atom is -0.399 e. The molecule has 0 aliphatic rings. The molecule has 4 N–H and O–H groups in total. The topological polar surface area (TPSA) is 101 Å². The van der Waals surface area contributed by atoms with Crippen molar-refractivity contribution in [3.8, 4) is 0 Å². The summed E-state index contributed by atoms with van der Waals surface area (Å²) in [6.07, 6.45) is 0. The summed E-state index contributed by atoms with van der Waals surface area (Å²) in [7, 11) is 0. The number of amides is 3. The summed E-state index contributed by atoms with van der Waals surface area (Å²) in [5, 5.41) is 4.79. The maximum atomic E-state index is 11.8. The number of anilines is 2. The minimum absolute atomic E-state index is 0.166. The van der Waals surface area contributed by atoms with Gasteiger partial charge < -0.3 is 11.1 Å². The predicted molar refractivity (Wildman–Crippen MR) is 88.4 cm³/mol. The van der Waals surface area contributed by atoms with Gasteiger partial charge in [-0.25, -0.2) is 0 Å². The Balaban J connectivity index is 2.02. The zero-order chi connectivity index (χ0) is 17.0. The molecule has 0 saturated heterocycles. The smallest absolute Gasteiger partial charge is 0.316 e. The zero-order valence-corrected chi connectivity index (χ0v) is 13.1. The molecule has 0 spiro atoms. The largest absolute Gasteiger partial charge is 0.399 e. The van der Waals surface area contributed by atoms with E-state index in [1.54, 1.807) is 0 Å². The molecule has 2 aromatic rings. The van der Waals surface area contributed by atoms with Crippen molar-refractivity contribution in [2.75, 3.05) is 11.1 Å². The first-order valence-electron chi connectivity index (χ1n) is 6.34. The van der Waals surface area contributed by atoms with Crippen molar-refractivity contribution in [1.82, 2.24) is 5.32 Å². The molecule has 0 saturated carbocycles. The zero-order valence-electron chi connectivity index (χ0n) is 11.6. The molecule has 0 aromatic heterocycles. The highest BCUT2D eigenvalue weighted by atomic mass is 35.5. The van der Waals surface area contributed by atoms with Gasteiger partial charge in [0.25, 0.3) is 5.91 Å². The van der Waals surface area contributed by atoms with Crippen LogP contribution in [0.5, 0.6) is 0 Å². The average Bonchev–Trinajstić information content (AvgIpc) is 2.51. The summed E-state index contributed by atoms with van der Waals surface area (Å²) < 4.78 is 0. The Kier molecular flexibility index (Phi) is 5.20. The lowest BCUT2D eigenvalue weighted by Crippen LogP contribution is -2.39. The van der Waals surface area contributed by atoms with Crippen molar-refractivity contribution in [1.29, 1.82) is 0 Å². The van der Waals surface area contributed by atoms with Crippen LogP contribution < -0.4 is 16.4 Å². The normalized spacial score (nSPS) is 10.0. The van der Waals surface area contributed by atoms with E-state index in [4.69, 9.17) is 28.9 Å². The fourth-order valence-corrected chi connectivity index (χ4v) is 1.98. The Morgan fingerprint density at radius 3 is 2.22 bits per heavy atom. The molecule has 0 unspecified atom stereocenters. The second kappa shape index (κ2) is 7.13. The second-order valence-electron chi connectivity index (χ2n) is 4.48. The molecule has 23 heavy (non-hydrogen) atoms. The van der Waals surface area contributed by atoms with Crippen molar-refractivity contribution >= 4 is 52.3 Å². The quantitative estimate of drug-likeness (QED) is 0.571. The van der Waals surface area contributed by atoms with E-state index in [0.717, 1.165) is 0 Å². The van der Waals surface area contributed by atoms with Gasteiger partial charge in [0.1, 0.15) is 0 Å². The van der Waals surface area contributed by atoms with Gasteiger partial charge in [-0.3, -0.25) is 19.7 Å². The number of carbonyl (C=O) groups excluding carboxylic acids is 3. The average molecular weight is 352 g/mol. The van der Waals surface area contributed by atoms with E-state index in [2.05, 4.69) is 5.32 Å². The number of halogens is 2. The minimum atomic E-state index is -1.12. The highest BCUT2D eigenvalue weighted by Gasteiger charge is 2.19. The van der Waals surface area contributed by atoms with Crippen LogP contribution in [-0.4, -0.2) is 17.7 Å². The first-order chi connectivity index (χ1) is 10.9. The van der Waals surface area contributed by atoms with E-state index in [-0.39, 0.29) is 16.3 Å². The Bertz CT molecular complexity index is 776. The van der Waals surface area contributed by atoms with Gasteiger partial charge in [0.15, 0.2) is 0 Å². The van der Waals surface area contributed by atoms with Crippen molar-refractivity contribution < 1.29 is 14.4 Å².